The summed E-state index contributed by atoms with van der Waals surface area (Å²) in [5.41, 5.74) is 0. The second-order valence-corrected chi connectivity index (χ2v) is 8.82. The molecule has 3 atom stereocenters. The first-order chi connectivity index (χ1) is 11.2. The average molecular weight is 398 g/mol. The van der Waals surface area contributed by atoms with E-state index >= 15 is 0 Å². The molecule has 2 saturated heterocycles. The first-order valence-electron chi connectivity index (χ1n) is 7.59. The van der Waals surface area contributed by atoms with Crippen LogP contribution in [0.15, 0.2) is 0 Å². The van der Waals surface area contributed by atoms with Gasteiger partial charge in [0.15, 0.2) is 0 Å². The van der Waals surface area contributed by atoms with Crippen LogP contribution in [-0.2, 0) is 14.4 Å². The number of amides is 2. The van der Waals surface area contributed by atoms with Gasteiger partial charge in [0.1, 0.15) is 17.5 Å². The molecule has 0 aliphatic carbocycles. The summed E-state index contributed by atoms with van der Waals surface area (Å²) in [5, 5.41) is 11.7. The van der Waals surface area contributed by atoms with Gasteiger partial charge in [0.05, 0.1) is 6.54 Å². The summed E-state index contributed by atoms with van der Waals surface area (Å²) in [7, 11) is 0. The highest BCUT2D eigenvalue weighted by atomic mass is 35.5. The third-order valence-electron chi connectivity index (χ3n) is 4.16. The predicted molar refractivity (Wildman–Crippen MR) is 93.5 cm³/mol. The molecule has 2 aliphatic rings. The van der Waals surface area contributed by atoms with E-state index < -0.39 is 22.8 Å². The van der Waals surface area contributed by atoms with E-state index in [1.54, 1.807) is 13.8 Å². The van der Waals surface area contributed by atoms with Gasteiger partial charge >= 0.3 is 5.97 Å². The van der Waals surface area contributed by atoms with Gasteiger partial charge < -0.3 is 15.3 Å². The van der Waals surface area contributed by atoms with Crippen LogP contribution in [0.4, 0.5) is 0 Å². The van der Waals surface area contributed by atoms with E-state index in [1.165, 1.54) is 16.7 Å². The molecule has 2 rings (SSSR count). The van der Waals surface area contributed by atoms with E-state index in [1.807, 2.05) is 4.90 Å². The lowest BCUT2D eigenvalue weighted by Gasteiger charge is -2.43. The maximum atomic E-state index is 12.3. The molecule has 7 nitrogen and oxygen atoms in total. The second kappa shape index (κ2) is 7.68. The zero-order chi connectivity index (χ0) is 18.1. The summed E-state index contributed by atoms with van der Waals surface area (Å²) in [6.45, 7) is 4.75. The van der Waals surface area contributed by atoms with Crippen LogP contribution in [0.3, 0.4) is 0 Å². The quantitative estimate of drug-likeness (QED) is 0.455. The Morgan fingerprint density at radius 3 is 2.42 bits per heavy atom. The molecule has 24 heavy (non-hydrogen) atoms. The van der Waals surface area contributed by atoms with Crippen molar-refractivity contribution in [3.63, 3.8) is 0 Å². The molecule has 2 heterocycles. The molecule has 10 heteroatoms. The van der Waals surface area contributed by atoms with Crippen molar-refractivity contribution in [2.75, 3.05) is 31.4 Å². The van der Waals surface area contributed by atoms with Crippen molar-refractivity contribution in [2.24, 2.45) is 0 Å². The van der Waals surface area contributed by atoms with Gasteiger partial charge in [-0.25, -0.2) is 4.79 Å². The van der Waals surface area contributed by atoms with Gasteiger partial charge in [-0.15, -0.1) is 35.0 Å². The van der Waals surface area contributed by atoms with Crippen molar-refractivity contribution in [2.45, 2.75) is 36.1 Å². The van der Waals surface area contributed by atoms with Gasteiger partial charge in [-0.1, -0.05) is 0 Å². The summed E-state index contributed by atoms with van der Waals surface area (Å²) in [4.78, 5) is 39.1. The minimum Gasteiger partial charge on any atom is -0.480 e. The number of carboxylic acid groups (broad SMARTS) is 1. The third kappa shape index (κ3) is 3.76. The van der Waals surface area contributed by atoms with Crippen LogP contribution in [0.5, 0.6) is 0 Å². The number of alkyl halides is 2. The van der Waals surface area contributed by atoms with Gasteiger partial charge in [0.25, 0.3) is 0 Å². The average Bonchev–Trinajstić information content (AvgIpc) is 2.74. The predicted octanol–water partition coefficient (Wildman–Crippen LogP) is 0.398. The van der Waals surface area contributed by atoms with E-state index in [-0.39, 0.29) is 23.7 Å². The van der Waals surface area contributed by atoms with Gasteiger partial charge in [0.2, 0.25) is 11.8 Å². The monoisotopic (exact) mass is 397 g/mol. The third-order valence-corrected chi connectivity index (χ3v) is 6.07. The van der Waals surface area contributed by atoms with Crippen molar-refractivity contribution in [3.8, 4) is 0 Å². The molecule has 0 unspecified atom stereocenters. The summed E-state index contributed by atoms with van der Waals surface area (Å²) in [6.07, 6.45) is 0. The van der Waals surface area contributed by atoms with E-state index in [9.17, 15) is 19.5 Å². The van der Waals surface area contributed by atoms with E-state index in [0.717, 1.165) is 0 Å². The number of thioether (sulfide) groups is 1. The van der Waals surface area contributed by atoms with Crippen LogP contribution in [0, 0.1) is 0 Å². The normalized spacial score (nSPS) is 27.8. The molecule has 0 spiro atoms. The van der Waals surface area contributed by atoms with Gasteiger partial charge in [-0.3, -0.25) is 14.5 Å². The fourth-order valence-electron chi connectivity index (χ4n) is 3.08. The summed E-state index contributed by atoms with van der Waals surface area (Å²) < 4.78 is -0.602. The number of β-lactam (4-membered cyclic amide) rings is 1. The van der Waals surface area contributed by atoms with Crippen molar-refractivity contribution >= 4 is 52.7 Å². The minimum atomic E-state index is -1.02. The van der Waals surface area contributed by atoms with Crippen LogP contribution in [0.25, 0.3) is 0 Å². The van der Waals surface area contributed by atoms with Crippen LogP contribution >= 0.6 is 35.0 Å². The number of fused-ring (bicyclic) bond motifs is 1. The molecule has 0 aromatic rings. The Balaban J connectivity index is 1.97. The molecule has 136 valence electrons. The van der Waals surface area contributed by atoms with Gasteiger partial charge in [-0.2, -0.15) is 0 Å². The Bertz CT molecular complexity index is 528. The number of aliphatic carboxylic acids is 1. The van der Waals surface area contributed by atoms with Crippen LogP contribution in [-0.4, -0.2) is 86.3 Å². The lowest BCUT2D eigenvalue weighted by Crippen LogP contribution is -2.71. The Kier molecular flexibility index (Phi) is 6.28. The SMILES string of the molecule is CC1(C)S[C@@H]2[C@H](NC(=O)CN(CCCl)CCCl)C(=O)N2[C@H]1C(=O)O. The zero-order valence-electron chi connectivity index (χ0n) is 13.5. The Labute approximate surface area is 155 Å². The molecule has 2 aliphatic heterocycles. The van der Waals surface area contributed by atoms with Crippen LogP contribution < -0.4 is 5.32 Å². The molecular weight excluding hydrogens is 377 g/mol. The van der Waals surface area contributed by atoms with E-state index in [0.29, 0.717) is 24.8 Å². The van der Waals surface area contributed by atoms with Crippen molar-refractivity contribution < 1.29 is 19.5 Å². The molecule has 0 radical (unpaired) electrons. The van der Waals surface area contributed by atoms with Gasteiger partial charge in [-0.05, 0) is 13.8 Å². The topological polar surface area (TPSA) is 90.0 Å². The number of nitrogens with zero attached hydrogens (tertiary/aromatic N) is 2. The molecule has 0 aromatic carbocycles. The summed E-state index contributed by atoms with van der Waals surface area (Å²) in [5.74, 6) is -0.899. The number of carboxylic acids is 1. The maximum Gasteiger partial charge on any atom is 0.327 e. The second-order valence-electron chi connectivity index (χ2n) is 6.30. The van der Waals surface area contributed by atoms with Crippen LogP contribution in [0.1, 0.15) is 13.8 Å². The molecule has 0 aromatic heterocycles. The largest absolute Gasteiger partial charge is 0.480 e. The highest BCUT2D eigenvalue weighted by molar-refractivity contribution is 8.01. The molecule has 2 fully saturated rings. The summed E-state index contributed by atoms with van der Waals surface area (Å²) >= 11 is 12.8. The lowest BCUT2D eigenvalue weighted by atomic mass is 9.96. The molecule has 0 saturated carbocycles. The highest BCUT2D eigenvalue weighted by Crippen LogP contribution is 2.50. The first kappa shape index (κ1) is 19.6. The fourth-order valence-corrected chi connectivity index (χ4v) is 5.18. The highest BCUT2D eigenvalue weighted by Gasteiger charge is 2.64. The molecule has 0 bridgehead atoms. The maximum absolute atomic E-state index is 12.3. The standard InChI is InChI=1S/C14H21Cl2N3O4S/c1-14(2)10(13(22)23)19-11(21)9(12(19)24-14)17-8(20)7-18(5-3-15)6-4-16/h9-10,12H,3-7H2,1-2H3,(H,17,20)(H,22,23)/t9-,10+,12-/m1/s1. The van der Waals surface area contributed by atoms with E-state index in [2.05, 4.69) is 5.32 Å². The number of rotatable bonds is 8. The van der Waals surface area contributed by atoms with Crippen LogP contribution in [0.2, 0.25) is 0 Å². The molecular formula is C14H21Cl2N3O4S. The number of hydrogen-bond acceptors (Lipinski definition) is 5. The number of carbonyl (C=O) groups is 3. The zero-order valence-corrected chi connectivity index (χ0v) is 15.8. The number of hydrogen-bond donors (Lipinski definition) is 2. The van der Waals surface area contributed by atoms with Gasteiger partial charge in [0, 0.05) is 29.6 Å². The minimum absolute atomic E-state index is 0.104. The van der Waals surface area contributed by atoms with Crippen molar-refractivity contribution in [3.05, 3.63) is 0 Å². The van der Waals surface area contributed by atoms with Crippen molar-refractivity contribution in [1.82, 2.24) is 15.1 Å². The smallest absolute Gasteiger partial charge is 0.327 e. The Morgan fingerprint density at radius 2 is 1.92 bits per heavy atom. The Hall–Kier alpha value is -0.700. The fraction of sp³-hybridized carbons (Fsp3) is 0.786. The number of carbonyl (C=O) groups excluding carboxylic acids is 2. The lowest BCUT2D eigenvalue weighted by molar-refractivity contribution is -0.161. The molecule has 2 N–H and O–H groups in total. The molecule has 2 amide bonds. The first-order valence-corrected chi connectivity index (χ1v) is 9.54. The number of halogens is 2. The van der Waals surface area contributed by atoms with E-state index in [4.69, 9.17) is 23.2 Å². The summed E-state index contributed by atoms with van der Waals surface area (Å²) in [6, 6.07) is -1.56. The van der Waals surface area contributed by atoms with Crippen molar-refractivity contribution in [1.29, 1.82) is 0 Å². The Morgan fingerprint density at radius 1 is 1.33 bits per heavy atom. The number of nitrogens with one attached hydrogen (secondary N) is 1.